The average Bonchev–Trinajstić information content (AvgIpc) is 3.28. The van der Waals surface area contributed by atoms with Crippen molar-refractivity contribution >= 4 is 55.6 Å². The van der Waals surface area contributed by atoms with Gasteiger partial charge in [0.2, 0.25) is 0 Å². The third kappa shape index (κ3) is 5.05. The van der Waals surface area contributed by atoms with Crippen LogP contribution in [0.4, 0.5) is 9.80 Å². The number of esters is 1. The number of carbonyl (C=O) groups is 2. The van der Waals surface area contributed by atoms with Crippen LogP contribution in [0.2, 0.25) is 0 Å². The van der Waals surface area contributed by atoms with Crippen LogP contribution in [-0.4, -0.2) is 25.2 Å². The van der Waals surface area contributed by atoms with E-state index in [1.54, 1.807) is 17.4 Å². The normalized spacial score (nSPS) is 15.0. The highest BCUT2D eigenvalue weighted by atomic mass is 79.9. The van der Waals surface area contributed by atoms with Gasteiger partial charge < -0.3 is 15.4 Å². The van der Waals surface area contributed by atoms with Crippen molar-refractivity contribution in [3.8, 4) is 0 Å². The Morgan fingerprint density at radius 3 is 2.84 bits per heavy atom. The first kappa shape index (κ1) is 22.5. The summed E-state index contributed by atoms with van der Waals surface area (Å²) in [6.07, 6.45) is 7.25. The molecule has 0 atom stereocenters. The van der Waals surface area contributed by atoms with Gasteiger partial charge >= 0.3 is 12.0 Å². The SMILES string of the molecule is C=CCCOC(=O)c1c(NC(=O)NCc2c(Br)sc3c2CCNC3)sc2c1CCCC2. The maximum Gasteiger partial charge on any atom is 0.341 e. The summed E-state index contributed by atoms with van der Waals surface area (Å²) in [5.41, 5.74) is 4.04. The number of urea groups is 1. The molecule has 166 valence electrons. The molecule has 2 aromatic heterocycles. The molecule has 2 aliphatic rings. The number of thiophene rings is 2. The molecule has 9 heteroatoms. The van der Waals surface area contributed by atoms with Gasteiger partial charge in [-0.05, 0) is 77.7 Å². The molecule has 1 aliphatic carbocycles. The lowest BCUT2D eigenvalue weighted by molar-refractivity contribution is 0.0512. The highest BCUT2D eigenvalue weighted by molar-refractivity contribution is 9.11. The number of carbonyl (C=O) groups excluding carboxylic acids is 2. The van der Waals surface area contributed by atoms with Crippen molar-refractivity contribution in [2.75, 3.05) is 18.5 Å². The Bertz CT molecular complexity index is 999. The predicted octanol–water partition coefficient (Wildman–Crippen LogP) is 5.15. The molecule has 0 saturated carbocycles. The largest absolute Gasteiger partial charge is 0.462 e. The van der Waals surface area contributed by atoms with E-state index in [1.165, 1.54) is 26.7 Å². The van der Waals surface area contributed by atoms with Gasteiger partial charge in [0.15, 0.2) is 0 Å². The smallest absolute Gasteiger partial charge is 0.341 e. The minimum Gasteiger partial charge on any atom is -0.462 e. The predicted molar refractivity (Wildman–Crippen MR) is 129 cm³/mol. The minimum atomic E-state index is -0.362. The molecule has 0 saturated heterocycles. The molecular weight excluding hydrogens is 498 g/mol. The fraction of sp³-hybridized carbons (Fsp3) is 0.455. The van der Waals surface area contributed by atoms with E-state index in [4.69, 9.17) is 4.74 Å². The van der Waals surface area contributed by atoms with Crippen molar-refractivity contribution in [3.05, 3.63) is 48.4 Å². The molecule has 3 N–H and O–H groups in total. The van der Waals surface area contributed by atoms with Crippen LogP contribution in [0, 0.1) is 0 Å². The molecule has 1 aliphatic heterocycles. The molecule has 0 spiro atoms. The van der Waals surface area contributed by atoms with Gasteiger partial charge in [-0.3, -0.25) is 5.32 Å². The number of amides is 2. The Morgan fingerprint density at radius 1 is 1.16 bits per heavy atom. The molecule has 31 heavy (non-hydrogen) atoms. The van der Waals surface area contributed by atoms with E-state index in [0.717, 1.165) is 60.1 Å². The van der Waals surface area contributed by atoms with Crippen molar-refractivity contribution in [2.24, 2.45) is 0 Å². The zero-order chi connectivity index (χ0) is 21.8. The second kappa shape index (κ2) is 10.3. The number of hydrogen-bond acceptors (Lipinski definition) is 6. The lowest BCUT2D eigenvalue weighted by Gasteiger charge is -2.15. The zero-order valence-electron chi connectivity index (χ0n) is 17.3. The fourth-order valence-electron chi connectivity index (χ4n) is 4.04. The summed E-state index contributed by atoms with van der Waals surface area (Å²) < 4.78 is 6.50. The quantitative estimate of drug-likeness (QED) is 0.266. The lowest BCUT2D eigenvalue weighted by atomic mass is 9.95. The Labute approximate surface area is 198 Å². The van der Waals surface area contributed by atoms with Crippen LogP contribution in [0.25, 0.3) is 0 Å². The first-order chi connectivity index (χ1) is 15.1. The van der Waals surface area contributed by atoms with Gasteiger partial charge in [0.25, 0.3) is 0 Å². The van der Waals surface area contributed by atoms with Crippen molar-refractivity contribution in [3.63, 3.8) is 0 Å². The van der Waals surface area contributed by atoms with Crippen LogP contribution >= 0.6 is 38.6 Å². The highest BCUT2D eigenvalue weighted by Gasteiger charge is 2.27. The third-order valence-electron chi connectivity index (χ3n) is 5.57. The number of ether oxygens (including phenoxy) is 1. The standard InChI is InChI=1S/C22H26BrN3O3S2/c1-2-3-10-29-21(27)18-14-6-4-5-7-16(14)31-20(18)26-22(28)25-11-15-13-8-9-24-12-17(13)30-19(15)23/h2,24H,1,3-12H2,(H2,25,26,28). The summed E-state index contributed by atoms with van der Waals surface area (Å²) in [5.74, 6) is -0.362. The van der Waals surface area contributed by atoms with Gasteiger partial charge in [-0.1, -0.05) is 6.08 Å². The highest BCUT2D eigenvalue weighted by Crippen LogP contribution is 2.39. The summed E-state index contributed by atoms with van der Waals surface area (Å²) in [6, 6.07) is -0.306. The molecule has 6 nitrogen and oxygen atoms in total. The maximum absolute atomic E-state index is 12.8. The van der Waals surface area contributed by atoms with E-state index in [2.05, 4.69) is 38.5 Å². The third-order valence-corrected chi connectivity index (χ3v) is 8.81. The van der Waals surface area contributed by atoms with Crippen molar-refractivity contribution < 1.29 is 14.3 Å². The van der Waals surface area contributed by atoms with E-state index in [0.29, 0.717) is 30.1 Å². The molecular formula is C22H26BrN3O3S2. The van der Waals surface area contributed by atoms with Crippen molar-refractivity contribution in [1.29, 1.82) is 0 Å². The summed E-state index contributed by atoms with van der Waals surface area (Å²) in [4.78, 5) is 28.0. The van der Waals surface area contributed by atoms with E-state index in [9.17, 15) is 9.59 Å². The van der Waals surface area contributed by atoms with E-state index < -0.39 is 0 Å². The zero-order valence-corrected chi connectivity index (χ0v) is 20.5. The first-order valence-corrected chi connectivity index (χ1v) is 13.0. The van der Waals surface area contributed by atoms with E-state index in [-0.39, 0.29) is 12.0 Å². The topological polar surface area (TPSA) is 79.5 Å². The van der Waals surface area contributed by atoms with Crippen LogP contribution in [-0.2, 0) is 37.1 Å². The van der Waals surface area contributed by atoms with Crippen LogP contribution in [0.1, 0.15) is 56.1 Å². The molecule has 0 aromatic carbocycles. The van der Waals surface area contributed by atoms with Gasteiger partial charge in [0.05, 0.1) is 16.0 Å². The molecule has 2 amide bonds. The molecule has 0 unspecified atom stereocenters. The molecule has 2 aromatic rings. The van der Waals surface area contributed by atoms with Gasteiger partial charge in [-0.15, -0.1) is 29.3 Å². The first-order valence-electron chi connectivity index (χ1n) is 10.6. The van der Waals surface area contributed by atoms with Gasteiger partial charge in [0, 0.05) is 22.8 Å². The summed E-state index contributed by atoms with van der Waals surface area (Å²) in [6.45, 7) is 6.23. The minimum absolute atomic E-state index is 0.296. The second-order valence-electron chi connectivity index (χ2n) is 7.62. The fourth-order valence-corrected chi connectivity index (χ4v) is 7.33. The summed E-state index contributed by atoms with van der Waals surface area (Å²) >= 11 is 6.87. The van der Waals surface area contributed by atoms with E-state index in [1.807, 2.05) is 0 Å². The van der Waals surface area contributed by atoms with Crippen molar-refractivity contribution in [2.45, 2.75) is 51.6 Å². The second-order valence-corrected chi connectivity index (χ2v) is 11.1. The van der Waals surface area contributed by atoms with Gasteiger partial charge in [0.1, 0.15) is 5.00 Å². The Balaban J connectivity index is 1.46. The van der Waals surface area contributed by atoms with Crippen LogP contribution in [0.5, 0.6) is 0 Å². The van der Waals surface area contributed by atoms with Gasteiger partial charge in [-0.2, -0.15) is 0 Å². The molecule has 4 rings (SSSR count). The number of aryl methyl sites for hydroxylation is 1. The van der Waals surface area contributed by atoms with E-state index >= 15 is 0 Å². The summed E-state index contributed by atoms with van der Waals surface area (Å²) in [7, 11) is 0. The summed E-state index contributed by atoms with van der Waals surface area (Å²) in [5, 5.41) is 9.86. The lowest BCUT2D eigenvalue weighted by Crippen LogP contribution is -2.29. The van der Waals surface area contributed by atoms with Gasteiger partial charge in [-0.25, -0.2) is 9.59 Å². The number of halogens is 1. The number of nitrogens with one attached hydrogen (secondary N) is 3. The Kier molecular flexibility index (Phi) is 7.47. The monoisotopic (exact) mass is 523 g/mol. The number of fused-ring (bicyclic) bond motifs is 2. The number of rotatable bonds is 7. The molecule has 0 fully saturated rings. The molecule has 0 bridgehead atoms. The Morgan fingerprint density at radius 2 is 2.00 bits per heavy atom. The number of hydrogen-bond donors (Lipinski definition) is 3. The van der Waals surface area contributed by atoms with Crippen LogP contribution in [0.15, 0.2) is 16.4 Å². The Hall–Kier alpha value is -1.68. The maximum atomic E-state index is 12.8. The number of anilines is 1. The van der Waals surface area contributed by atoms with Crippen LogP contribution in [0.3, 0.4) is 0 Å². The average molecular weight is 525 g/mol. The van der Waals surface area contributed by atoms with Crippen LogP contribution < -0.4 is 16.0 Å². The molecule has 0 radical (unpaired) electrons. The molecule has 3 heterocycles. The van der Waals surface area contributed by atoms with Crippen molar-refractivity contribution in [1.82, 2.24) is 10.6 Å².